The van der Waals surface area contributed by atoms with E-state index in [1.54, 1.807) is 13.0 Å². The third-order valence-corrected chi connectivity index (χ3v) is 2.37. The first kappa shape index (κ1) is 10.8. The third kappa shape index (κ3) is 1.97. The second-order valence-electron chi connectivity index (χ2n) is 2.99. The van der Waals surface area contributed by atoms with Gasteiger partial charge in [0.15, 0.2) is 0 Å². The number of aromatic hydroxyl groups is 1. The largest absolute Gasteiger partial charge is 0.506 e. The van der Waals surface area contributed by atoms with Gasteiger partial charge in [-0.05, 0) is 24.1 Å². The van der Waals surface area contributed by atoms with Crippen molar-refractivity contribution in [3.05, 3.63) is 28.3 Å². The van der Waals surface area contributed by atoms with Crippen LogP contribution in [-0.4, -0.2) is 16.2 Å². The number of hydrogen-bond donors (Lipinski definition) is 3. The molecule has 0 fully saturated rings. The Morgan fingerprint density at radius 1 is 1.57 bits per heavy atom. The molecular formula is C9H10ClNO3. The average Bonchev–Trinajstić information content (AvgIpc) is 2.12. The summed E-state index contributed by atoms with van der Waals surface area (Å²) >= 11 is 5.70. The molecule has 1 unspecified atom stereocenters. The van der Waals surface area contributed by atoms with Gasteiger partial charge < -0.3 is 15.9 Å². The highest BCUT2D eigenvalue weighted by Gasteiger charge is 2.16. The lowest BCUT2D eigenvalue weighted by atomic mass is 10.0. The number of rotatable bonds is 2. The Hall–Kier alpha value is -1.26. The van der Waals surface area contributed by atoms with Crippen LogP contribution in [0.15, 0.2) is 12.1 Å². The number of carboxylic acids is 1. The van der Waals surface area contributed by atoms with Crippen LogP contribution < -0.4 is 5.73 Å². The minimum Gasteiger partial charge on any atom is -0.506 e. The molecule has 14 heavy (non-hydrogen) atoms. The maximum absolute atomic E-state index is 10.6. The molecule has 1 aromatic rings. The Balaban J connectivity index is 3.19. The van der Waals surface area contributed by atoms with E-state index in [9.17, 15) is 9.90 Å². The SMILES string of the molecule is Cc1cc(C(N)C(=O)O)cc(O)c1Cl. The monoisotopic (exact) mass is 215 g/mol. The van der Waals surface area contributed by atoms with E-state index in [4.69, 9.17) is 22.4 Å². The molecule has 1 aromatic carbocycles. The highest BCUT2D eigenvalue weighted by Crippen LogP contribution is 2.29. The van der Waals surface area contributed by atoms with Gasteiger partial charge in [0.2, 0.25) is 0 Å². The number of benzene rings is 1. The molecular weight excluding hydrogens is 206 g/mol. The molecule has 0 bridgehead atoms. The first-order valence-electron chi connectivity index (χ1n) is 3.91. The van der Waals surface area contributed by atoms with Crippen LogP contribution in [0, 0.1) is 6.92 Å². The van der Waals surface area contributed by atoms with E-state index in [2.05, 4.69) is 0 Å². The normalized spacial score (nSPS) is 12.5. The maximum Gasteiger partial charge on any atom is 0.325 e. The van der Waals surface area contributed by atoms with E-state index in [0.717, 1.165) is 0 Å². The van der Waals surface area contributed by atoms with Crippen molar-refractivity contribution in [1.82, 2.24) is 0 Å². The van der Waals surface area contributed by atoms with Crippen LogP contribution in [0.4, 0.5) is 0 Å². The number of phenols is 1. The molecule has 4 nitrogen and oxygen atoms in total. The van der Waals surface area contributed by atoms with Crippen molar-refractivity contribution in [3.63, 3.8) is 0 Å². The molecule has 0 saturated heterocycles. The Labute approximate surface area is 85.9 Å². The summed E-state index contributed by atoms with van der Waals surface area (Å²) in [7, 11) is 0. The molecule has 0 aliphatic carbocycles. The number of hydrogen-bond acceptors (Lipinski definition) is 3. The fourth-order valence-electron chi connectivity index (χ4n) is 1.10. The Morgan fingerprint density at radius 3 is 2.57 bits per heavy atom. The lowest BCUT2D eigenvalue weighted by Crippen LogP contribution is -2.20. The summed E-state index contributed by atoms with van der Waals surface area (Å²) in [6.07, 6.45) is 0. The Morgan fingerprint density at radius 2 is 2.14 bits per heavy atom. The van der Waals surface area contributed by atoms with E-state index >= 15 is 0 Å². The smallest absolute Gasteiger partial charge is 0.325 e. The Bertz CT molecular complexity index is 355. The summed E-state index contributed by atoms with van der Waals surface area (Å²) in [6.45, 7) is 1.67. The first-order chi connectivity index (χ1) is 6.43. The summed E-state index contributed by atoms with van der Waals surface area (Å²) in [5, 5.41) is 18.2. The molecule has 0 heterocycles. The van der Waals surface area contributed by atoms with E-state index in [1.807, 2.05) is 0 Å². The van der Waals surface area contributed by atoms with Crippen LogP contribution in [0.5, 0.6) is 5.75 Å². The molecule has 0 radical (unpaired) electrons. The zero-order chi connectivity index (χ0) is 10.9. The minimum absolute atomic E-state index is 0.154. The molecule has 5 heteroatoms. The van der Waals surface area contributed by atoms with Gasteiger partial charge in [-0.1, -0.05) is 17.7 Å². The van der Waals surface area contributed by atoms with Crippen LogP contribution in [0.2, 0.25) is 5.02 Å². The highest BCUT2D eigenvalue weighted by molar-refractivity contribution is 6.32. The van der Waals surface area contributed by atoms with Crippen LogP contribution in [-0.2, 0) is 4.79 Å². The molecule has 0 aliphatic rings. The lowest BCUT2D eigenvalue weighted by molar-refractivity contribution is -0.138. The highest BCUT2D eigenvalue weighted by atomic mass is 35.5. The summed E-state index contributed by atoms with van der Waals surface area (Å²) in [6, 6.07) is 1.66. The van der Waals surface area contributed by atoms with Crippen LogP contribution >= 0.6 is 11.6 Å². The second kappa shape index (κ2) is 3.86. The fraction of sp³-hybridized carbons (Fsp3) is 0.222. The second-order valence-corrected chi connectivity index (χ2v) is 3.36. The number of carbonyl (C=O) groups is 1. The fourth-order valence-corrected chi connectivity index (χ4v) is 1.21. The number of nitrogens with two attached hydrogens (primary N) is 1. The van der Waals surface area contributed by atoms with Gasteiger partial charge >= 0.3 is 5.97 Å². The van der Waals surface area contributed by atoms with Gasteiger partial charge in [0.05, 0.1) is 5.02 Å². The molecule has 0 amide bonds. The van der Waals surface area contributed by atoms with Crippen LogP contribution in [0.25, 0.3) is 0 Å². The van der Waals surface area contributed by atoms with Crippen molar-refractivity contribution in [3.8, 4) is 5.75 Å². The zero-order valence-corrected chi connectivity index (χ0v) is 8.25. The number of phenolic OH excluding ortho intramolecular Hbond substituents is 1. The van der Waals surface area contributed by atoms with Crippen molar-refractivity contribution >= 4 is 17.6 Å². The molecule has 1 atom stereocenters. The van der Waals surface area contributed by atoms with Gasteiger partial charge in [0, 0.05) is 0 Å². The standard InChI is InChI=1S/C9H10ClNO3/c1-4-2-5(8(11)9(13)14)3-6(12)7(4)10/h2-3,8,12H,11H2,1H3,(H,13,14). The first-order valence-corrected chi connectivity index (χ1v) is 4.28. The van der Waals surface area contributed by atoms with Gasteiger partial charge in [-0.3, -0.25) is 4.79 Å². The topological polar surface area (TPSA) is 83.6 Å². The quantitative estimate of drug-likeness (QED) is 0.697. The van der Waals surface area contributed by atoms with Gasteiger partial charge in [0.25, 0.3) is 0 Å². The Kier molecular flexibility index (Phi) is 2.98. The van der Waals surface area contributed by atoms with Gasteiger partial charge in [0.1, 0.15) is 11.8 Å². The molecule has 0 aliphatic heterocycles. The minimum atomic E-state index is -1.15. The van der Waals surface area contributed by atoms with Gasteiger partial charge in [-0.2, -0.15) is 0 Å². The van der Waals surface area contributed by atoms with Crippen molar-refractivity contribution in [1.29, 1.82) is 0 Å². The summed E-state index contributed by atoms with van der Waals surface area (Å²) < 4.78 is 0. The van der Waals surface area contributed by atoms with E-state index < -0.39 is 12.0 Å². The molecule has 4 N–H and O–H groups in total. The van der Waals surface area contributed by atoms with Crippen molar-refractivity contribution in [2.75, 3.05) is 0 Å². The zero-order valence-electron chi connectivity index (χ0n) is 7.49. The van der Waals surface area contributed by atoms with Crippen molar-refractivity contribution in [2.24, 2.45) is 5.73 Å². The summed E-state index contributed by atoms with van der Waals surface area (Å²) in [5.74, 6) is -1.30. The average molecular weight is 216 g/mol. The van der Waals surface area contributed by atoms with E-state index in [1.165, 1.54) is 6.07 Å². The third-order valence-electron chi connectivity index (χ3n) is 1.88. The lowest BCUT2D eigenvalue weighted by Gasteiger charge is -2.09. The molecule has 0 spiro atoms. The molecule has 1 rings (SSSR count). The number of aliphatic carboxylic acids is 1. The van der Waals surface area contributed by atoms with Crippen LogP contribution in [0.1, 0.15) is 17.2 Å². The van der Waals surface area contributed by atoms with E-state index in [-0.39, 0.29) is 10.8 Å². The molecule has 0 aromatic heterocycles. The molecule has 0 saturated carbocycles. The van der Waals surface area contributed by atoms with Crippen molar-refractivity contribution < 1.29 is 15.0 Å². The summed E-state index contributed by atoms with van der Waals surface area (Å²) in [4.78, 5) is 10.6. The maximum atomic E-state index is 10.6. The number of carboxylic acid groups (broad SMARTS) is 1. The number of aryl methyl sites for hydroxylation is 1. The summed E-state index contributed by atoms with van der Waals surface area (Å²) in [5.41, 5.74) is 6.30. The predicted molar refractivity (Wildman–Crippen MR) is 52.4 cm³/mol. The van der Waals surface area contributed by atoms with Gasteiger partial charge in [-0.15, -0.1) is 0 Å². The molecule has 76 valence electrons. The van der Waals surface area contributed by atoms with Crippen LogP contribution in [0.3, 0.4) is 0 Å². The van der Waals surface area contributed by atoms with Crippen molar-refractivity contribution in [2.45, 2.75) is 13.0 Å². The predicted octanol–water partition coefficient (Wildman–Crippen LogP) is 1.44. The number of halogens is 1. The van der Waals surface area contributed by atoms with E-state index in [0.29, 0.717) is 11.1 Å². The van der Waals surface area contributed by atoms with Gasteiger partial charge in [-0.25, -0.2) is 0 Å².